The molecule has 0 bridgehead atoms. The number of hydrogen-bond donors (Lipinski definition) is 1. The molecule has 1 fully saturated rings. The Bertz CT molecular complexity index is 815. The van der Waals surface area contributed by atoms with Gasteiger partial charge < -0.3 is 24.3 Å². The van der Waals surface area contributed by atoms with E-state index in [2.05, 4.69) is 34.7 Å². The number of fused-ring (bicyclic) bond motifs is 1. The maximum Gasteiger partial charge on any atom is 0.271 e. The number of hydrogen-bond acceptors (Lipinski definition) is 4. The van der Waals surface area contributed by atoms with E-state index < -0.39 is 0 Å². The van der Waals surface area contributed by atoms with Crippen LogP contribution in [-0.2, 0) is 11.3 Å². The largest absolute Gasteiger partial charge is 0.495 e. The van der Waals surface area contributed by atoms with E-state index >= 15 is 0 Å². The molecule has 1 saturated heterocycles. The third-order valence-corrected chi connectivity index (χ3v) is 5.76. The first-order valence-corrected chi connectivity index (χ1v) is 10.8. The Morgan fingerprint density at radius 1 is 1.30 bits per heavy atom. The number of unbranched alkanes of at least 4 members (excludes halogenated alkanes) is 1. The first kappa shape index (κ1) is 24.5. The molecule has 168 valence electrons. The molecule has 1 atom stereocenters. The third kappa shape index (κ3) is 5.29. The van der Waals surface area contributed by atoms with Crippen LogP contribution in [-0.4, -0.2) is 61.4 Å². The number of ether oxygens (including phenoxy) is 2. The lowest BCUT2D eigenvalue weighted by Gasteiger charge is -2.37. The molecule has 0 unspecified atom stereocenters. The molecule has 1 aromatic heterocycles. The van der Waals surface area contributed by atoms with Crippen molar-refractivity contribution in [2.75, 3.05) is 33.9 Å². The van der Waals surface area contributed by atoms with Gasteiger partial charge in [0.15, 0.2) is 0 Å². The van der Waals surface area contributed by atoms with Gasteiger partial charge in [0.1, 0.15) is 11.4 Å². The Balaban J connectivity index is 0.00000320. The Kier molecular flexibility index (Phi) is 9.46. The molecule has 0 radical (unpaired) electrons. The second kappa shape index (κ2) is 11.6. The third-order valence-electron chi connectivity index (χ3n) is 5.76. The van der Waals surface area contributed by atoms with Gasteiger partial charge in [0.2, 0.25) is 0 Å². The highest BCUT2D eigenvalue weighted by Crippen LogP contribution is 2.31. The van der Waals surface area contributed by atoms with Crippen LogP contribution in [0.2, 0.25) is 0 Å². The van der Waals surface area contributed by atoms with Crippen molar-refractivity contribution in [3.8, 4) is 5.75 Å². The fourth-order valence-corrected chi connectivity index (χ4v) is 4.41. The normalized spacial score (nSPS) is 16.5. The Hall–Kier alpha value is -1.76. The van der Waals surface area contributed by atoms with E-state index in [0.29, 0.717) is 0 Å². The number of piperidine rings is 1. The summed E-state index contributed by atoms with van der Waals surface area (Å²) >= 11 is 0. The molecule has 3 rings (SSSR count). The van der Waals surface area contributed by atoms with Crippen molar-refractivity contribution >= 4 is 29.2 Å². The van der Waals surface area contributed by atoms with Crippen molar-refractivity contribution in [3.63, 3.8) is 0 Å². The van der Waals surface area contributed by atoms with Crippen LogP contribution in [0.4, 0.5) is 0 Å². The second-order valence-electron chi connectivity index (χ2n) is 8.09. The summed E-state index contributed by atoms with van der Waals surface area (Å²) in [5, 5.41) is 4.50. The summed E-state index contributed by atoms with van der Waals surface area (Å²) in [6.45, 7) is 7.61. The van der Waals surface area contributed by atoms with Crippen LogP contribution in [0.1, 0.15) is 50.0 Å². The monoisotopic (exact) mass is 437 g/mol. The van der Waals surface area contributed by atoms with Crippen LogP contribution >= 0.6 is 12.4 Å². The molecule has 1 aliphatic heterocycles. The van der Waals surface area contributed by atoms with Gasteiger partial charge in [-0.2, -0.15) is 0 Å². The molecule has 7 heteroatoms. The molecule has 1 aromatic carbocycles. The molecule has 1 amide bonds. The number of aromatic nitrogens is 1. The summed E-state index contributed by atoms with van der Waals surface area (Å²) in [6, 6.07) is 8.42. The molecule has 0 saturated carbocycles. The van der Waals surface area contributed by atoms with E-state index in [1.807, 2.05) is 18.2 Å². The maximum atomic E-state index is 13.8. The molecule has 1 aliphatic rings. The molecule has 1 N–H and O–H groups in total. The van der Waals surface area contributed by atoms with Gasteiger partial charge in [-0.3, -0.25) is 4.79 Å². The predicted octanol–water partition coefficient (Wildman–Crippen LogP) is 4.10. The zero-order valence-corrected chi connectivity index (χ0v) is 19.5. The lowest BCUT2D eigenvalue weighted by atomic mass is 10.0. The average Bonchev–Trinajstić information content (AvgIpc) is 3.10. The number of rotatable bonds is 9. The second-order valence-corrected chi connectivity index (χ2v) is 8.09. The zero-order valence-electron chi connectivity index (χ0n) is 18.6. The summed E-state index contributed by atoms with van der Waals surface area (Å²) in [5.74, 6) is 0.919. The van der Waals surface area contributed by atoms with Crippen molar-refractivity contribution in [1.82, 2.24) is 14.8 Å². The molecular formula is C23H36ClN3O3. The fraction of sp³-hybridized carbons (Fsp3) is 0.609. The lowest BCUT2D eigenvalue weighted by Crippen LogP contribution is -2.52. The molecule has 2 aromatic rings. The number of methoxy groups -OCH3 is 2. The highest BCUT2D eigenvalue weighted by Gasteiger charge is 2.31. The standard InChI is InChI=1S/C23H35N3O3.ClH/c1-17(2)26(19-10-8-12-24-16-19)23(27)20-15-18-9-7-11-21(29-4)22(18)25(20)13-5-6-14-28-3;/h7,9,11,15,17,19,24H,5-6,8,10,12-14,16H2,1-4H3;1H/t19-;/m1./s1. The topological polar surface area (TPSA) is 55.7 Å². The molecule has 0 spiro atoms. The molecule has 6 nitrogen and oxygen atoms in total. The number of halogens is 1. The van der Waals surface area contributed by atoms with Gasteiger partial charge in [0, 0.05) is 44.3 Å². The maximum absolute atomic E-state index is 13.8. The van der Waals surface area contributed by atoms with E-state index in [-0.39, 0.29) is 30.4 Å². The Labute approximate surface area is 186 Å². The Morgan fingerprint density at radius 2 is 2.10 bits per heavy atom. The van der Waals surface area contributed by atoms with Crippen LogP contribution in [0, 0.1) is 0 Å². The van der Waals surface area contributed by atoms with E-state index in [1.165, 1.54) is 0 Å². The molecule has 30 heavy (non-hydrogen) atoms. The minimum atomic E-state index is 0. The highest BCUT2D eigenvalue weighted by molar-refractivity contribution is 6.00. The minimum absolute atomic E-state index is 0. The number of benzene rings is 1. The van der Waals surface area contributed by atoms with Gasteiger partial charge in [0.05, 0.1) is 12.6 Å². The summed E-state index contributed by atoms with van der Waals surface area (Å²) < 4.78 is 13.0. The zero-order chi connectivity index (χ0) is 20.8. The van der Waals surface area contributed by atoms with Crippen LogP contribution in [0.25, 0.3) is 10.9 Å². The van der Waals surface area contributed by atoms with Gasteiger partial charge in [-0.15, -0.1) is 12.4 Å². The number of carbonyl (C=O) groups is 1. The van der Waals surface area contributed by atoms with Gasteiger partial charge >= 0.3 is 0 Å². The summed E-state index contributed by atoms with van der Waals surface area (Å²) in [7, 11) is 3.41. The van der Waals surface area contributed by atoms with Crippen molar-refractivity contribution in [2.45, 2.75) is 58.2 Å². The smallest absolute Gasteiger partial charge is 0.271 e. The average molecular weight is 438 g/mol. The summed E-state index contributed by atoms with van der Waals surface area (Å²) in [6.07, 6.45) is 4.06. The number of amides is 1. The van der Waals surface area contributed by atoms with E-state index in [0.717, 1.165) is 74.3 Å². The van der Waals surface area contributed by atoms with Crippen LogP contribution in [0.3, 0.4) is 0 Å². The van der Waals surface area contributed by atoms with Crippen LogP contribution in [0.5, 0.6) is 5.75 Å². The van der Waals surface area contributed by atoms with E-state index in [9.17, 15) is 4.79 Å². The molecular weight excluding hydrogens is 402 g/mol. The van der Waals surface area contributed by atoms with Crippen LogP contribution < -0.4 is 10.1 Å². The SMILES string of the molecule is COCCCCn1c(C(=O)N(C(C)C)[C@@H]2CCCNC2)cc2cccc(OC)c21.Cl. The minimum Gasteiger partial charge on any atom is -0.495 e. The number of para-hydroxylation sites is 1. The quantitative estimate of drug-likeness (QED) is 0.600. The van der Waals surface area contributed by atoms with Crippen molar-refractivity contribution < 1.29 is 14.3 Å². The molecule has 0 aliphatic carbocycles. The predicted molar refractivity (Wildman–Crippen MR) is 124 cm³/mol. The fourth-order valence-electron chi connectivity index (χ4n) is 4.41. The molecule has 2 heterocycles. The van der Waals surface area contributed by atoms with Gasteiger partial charge in [0.25, 0.3) is 5.91 Å². The lowest BCUT2D eigenvalue weighted by molar-refractivity contribution is 0.0562. The van der Waals surface area contributed by atoms with Gasteiger partial charge in [-0.05, 0) is 58.2 Å². The van der Waals surface area contributed by atoms with Gasteiger partial charge in [-0.1, -0.05) is 12.1 Å². The van der Waals surface area contributed by atoms with Crippen molar-refractivity contribution in [1.29, 1.82) is 0 Å². The first-order chi connectivity index (χ1) is 14.1. The number of nitrogens with one attached hydrogen (secondary N) is 1. The Morgan fingerprint density at radius 3 is 2.73 bits per heavy atom. The number of nitrogens with zero attached hydrogens (tertiary/aromatic N) is 2. The van der Waals surface area contributed by atoms with Crippen LogP contribution in [0.15, 0.2) is 24.3 Å². The number of aryl methyl sites for hydroxylation is 1. The summed E-state index contributed by atoms with van der Waals surface area (Å²) in [4.78, 5) is 15.8. The first-order valence-electron chi connectivity index (χ1n) is 10.8. The van der Waals surface area contributed by atoms with Crippen molar-refractivity contribution in [3.05, 3.63) is 30.0 Å². The summed E-state index contributed by atoms with van der Waals surface area (Å²) in [5.41, 5.74) is 1.75. The highest BCUT2D eigenvalue weighted by atomic mass is 35.5. The van der Waals surface area contributed by atoms with E-state index in [4.69, 9.17) is 9.47 Å². The van der Waals surface area contributed by atoms with Gasteiger partial charge in [-0.25, -0.2) is 0 Å². The van der Waals surface area contributed by atoms with Crippen molar-refractivity contribution in [2.24, 2.45) is 0 Å². The van der Waals surface area contributed by atoms with E-state index in [1.54, 1.807) is 14.2 Å². The number of carbonyl (C=O) groups excluding carboxylic acids is 1.